The van der Waals surface area contributed by atoms with Crippen LogP contribution < -0.4 is 21.9 Å². The Balaban J connectivity index is 2.01. The molecule has 1 aromatic carbocycles. The number of nitrogens with one attached hydrogen (secondary N) is 3. The molecule has 140 valence electrons. The van der Waals surface area contributed by atoms with Gasteiger partial charge in [0.15, 0.2) is 6.23 Å². The molecular weight excluding hydrogens is 356 g/mol. The van der Waals surface area contributed by atoms with E-state index in [4.69, 9.17) is 15.2 Å². The minimum Gasteiger partial charge on any atom is -0.458 e. The van der Waals surface area contributed by atoms with Crippen molar-refractivity contribution in [2.75, 3.05) is 19.0 Å². The predicted molar refractivity (Wildman–Crippen MR) is 90.5 cm³/mol. The van der Waals surface area contributed by atoms with Crippen LogP contribution in [0.1, 0.15) is 5.56 Å². The summed E-state index contributed by atoms with van der Waals surface area (Å²) in [5, 5.41) is 23.8. The molecule has 0 aliphatic carbocycles. The zero-order valence-electron chi connectivity index (χ0n) is 14.2. The van der Waals surface area contributed by atoms with E-state index in [2.05, 4.69) is 16.2 Å². The summed E-state index contributed by atoms with van der Waals surface area (Å²) in [5.41, 5.74) is 10.8. The molecule has 3 aliphatic heterocycles. The van der Waals surface area contributed by atoms with Crippen molar-refractivity contribution >= 4 is 17.3 Å². The van der Waals surface area contributed by atoms with Crippen molar-refractivity contribution in [1.29, 1.82) is 5.26 Å². The summed E-state index contributed by atoms with van der Waals surface area (Å²) < 4.78 is 10.8. The number of nitrogens with zero attached hydrogens (tertiary/aromatic N) is 2. The second-order valence-electron chi connectivity index (χ2n) is 6.51. The van der Waals surface area contributed by atoms with Crippen LogP contribution in [-0.2, 0) is 19.7 Å². The number of carbonyl (C=O) groups is 1. The fraction of sp³-hybridized carbons (Fsp3) is 0.375. The highest BCUT2D eigenvalue weighted by molar-refractivity contribution is 6.10. The van der Waals surface area contributed by atoms with Gasteiger partial charge in [-0.25, -0.2) is 10.9 Å². The Hall–Kier alpha value is -3.20. The van der Waals surface area contributed by atoms with Gasteiger partial charge >= 0.3 is 0 Å². The zero-order chi connectivity index (χ0) is 19.3. The molecule has 5 N–H and O–H groups in total. The maximum absolute atomic E-state index is 13.2. The Morgan fingerprint density at radius 3 is 2.93 bits per heavy atom. The van der Waals surface area contributed by atoms with E-state index in [0.29, 0.717) is 11.3 Å². The van der Waals surface area contributed by atoms with Crippen molar-refractivity contribution in [3.05, 3.63) is 45.3 Å². The molecule has 0 bridgehead atoms. The Morgan fingerprint density at radius 2 is 2.26 bits per heavy atom. The molecule has 1 spiro atoms. The number of methoxy groups -OCH3 is 1. The smallest absolute Gasteiger partial charge is 0.269 e. The number of fused-ring (bicyclic) bond motifs is 4. The minimum atomic E-state index is -1.54. The highest BCUT2D eigenvalue weighted by Gasteiger charge is 2.65. The van der Waals surface area contributed by atoms with E-state index in [1.165, 1.54) is 25.3 Å². The molecule has 1 amide bonds. The molecule has 0 radical (unpaired) electrons. The fourth-order valence-electron chi connectivity index (χ4n) is 4.24. The SMILES string of the molecule is COCC1NNC2OC(N)=C(C#N)C3(C(=O)Nc4ccc([N+](=O)[O-])cc43)C12. The summed E-state index contributed by atoms with van der Waals surface area (Å²) >= 11 is 0. The average Bonchev–Trinajstić information content (AvgIpc) is 3.15. The van der Waals surface area contributed by atoms with Crippen molar-refractivity contribution < 1.29 is 19.2 Å². The molecule has 0 saturated carbocycles. The molecule has 4 atom stereocenters. The monoisotopic (exact) mass is 372 g/mol. The third-order valence-electron chi connectivity index (χ3n) is 5.27. The van der Waals surface area contributed by atoms with Gasteiger partial charge in [-0.2, -0.15) is 5.26 Å². The lowest BCUT2D eigenvalue weighted by Crippen LogP contribution is -2.56. The lowest BCUT2D eigenvalue weighted by atomic mass is 9.62. The van der Waals surface area contributed by atoms with Gasteiger partial charge in [-0.3, -0.25) is 14.9 Å². The van der Waals surface area contributed by atoms with Gasteiger partial charge in [0.05, 0.1) is 23.5 Å². The molecule has 4 unspecified atom stereocenters. The van der Waals surface area contributed by atoms with E-state index in [9.17, 15) is 20.2 Å². The number of nitriles is 1. The minimum absolute atomic E-state index is 0.0768. The van der Waals surface area contributed by atoms with Crippen molar-refractivity contribution in [1.82, 2.24) is 10.9 Å². The van der Waals surface area contributed by atoms with Gasteiger partial charge in [0, 0.05) is 30.5 Å². The molecule has 1 aromatic rings. The van der Waals surface area contributed by atoms with Crippen molar-refractivity contribution in [2.24, 2.45) is 11.7 Å². The van der Waals surface area contributed by atoms with Gasteiger partial charge in [0.2, 0.25) is 11.8 Å². The first kappa shape index (κ1) is 17.2. The average molecular weight is 372 g/mol. The Labute approximate surface area is 153 Å². The largest absolute Gasteiger partial charge is 0.458 e. The Morgan fingerprint density at radius 1 is 1.48 bits per heavy atom. The van der Waals surface area contributed by atoms with Crippen LogP contribution in [0, 0.1) is 27.4 Å². The number of benzene rings is 1. The standard InChI is InChI=1S/C16H16N6O5/c1-26-6-11-12-14(21-20-11)27-13(18)9(5-17)16(12)8-4-7(22(24)25)2-3-10(8)19-15(16)23/h2-4,11-12,14,20-21H,6,18H2,1H3,(H,19,23). The molecule has 11 heteroatoms. The quantitative estimate of drug-likeness (QED) is 0.407. The van der Waals surface area contributed by atoms with E-state index in [1.54, 1.807) is 0 Å². The van der Waals surface area contributed by atoms with Crippen molar-refractivity contribution in [3.8, 4) is 6.07 Å². The third-order valence-corrected chi connectivity index (χ3v) is 5.27. The number of hydrazine groups is 1. The van der Waals surface area contributed by atoms with Crippen molar-refractivity contribution in [3.63, 3.8) is 0 Å². The number of nitrogens with two attached hydrogens (primary N) is 1. The number of hydrogen-bond donors (Lipinski definition) is 4. The number of carbonyl (C=O) groups excluding carboxylic acids is 1. The number of nitro groups is 1. The number of anilines is 1. The van der Waals surface area contributed by atoms with E-state index in [1.807, 2.05) is 6.07 Å². The molecule has 1 fully saturated rings. The van der Waals surface area contributed by atoms with Crippen LogP contribution in [0.3, 0.4) is 0 Å². The summed E-state index contributed by atoms with van der Waals surface area (Å²) in [6.07, 6.45) is -0.724. The van der Waals surface area contributed by atoms with Crippen LogP contribution in [0.2, 0.25) is 0 Å². The first-order valence-corrected chi connectivity index (χ1v) is 8.12. The van der Waals surface area contributed by atoms with Crippen LogP contribution in [0.25, 0.3) is 0 Å². The first-order chi connectivity index (χ1) is 12.9. The second kappa shape index (κ2) is 5.92. The summed E-state index contributed by atoms with van der Waals surface area (Å²) in [7, 11) is 1.51. The topological polar surface area (TPSA) is 165 Å². The molecule has 11 nitrogen and oxygen atoms in total. The van der Waals surface area contributed by atoms with Gasteiger partial charge in [-0.05, 0) is 6.07 Å². The van der Waals surface area contributed by atoms with Crippen LogP contribution in [0.5, 0.6) is 0 Å². The van der Waals surface area contributed by atoms with E-state index >= 15 is 0 Å². The lowest BCUT2D eigenvalue weighted by Gasteiger charge is -2.41. The molecule has 1 saturated heterocycles. The number of hydrogen-bond acceptors (Lipinski definition) is 9. The maximum Gasteiger partial charge on any atom is 0.269 e. The lowest BCUT2D eigenvalue weighted by molar-refractivity contribution is -0.384. The number of ether oxygens (including phenoxy) is 2. The van der Waals surface area contributed by atoms with E-state index < -0.39 is 34.4 Å². The zero-order valence-corrected chi connectivity index (χ0v) is 14.2. The Bertz CT molecular complexity index is 924. The molecule has 3 heterocycles. The van der Waals surface area contributed by atoms with Gasteiger partial charge in [0.1, 0.15) is 17.1 Å². The third kappa shape index (κ3) is 2.15. The highest BCUT2D eigenvalue weighted by Crippen LogP contribution is 2.54. The summed E-state index contributed by atoms with van der Waals surface area (Å²) in [5.74, 6) is -1.30. The maximum atomic E-state index is 13.2. The Kier molecular flexibility index (Phi) is 3.77. The number of amides is 1. The van der Waals surface area contributed by atoms with E-state index in [0.717, 1.165) is 0 Å². The predicted octanol–water partition coefficient (Wildman–Crippen LogP) is -0.426. The van der Waals surface area contributed by atoms with Gasteiger partial charge in [-0.1, -0.05) is 0 Å². The van der Waals surface area contributed by atoms with Crippen molar-refractivity contribution in [2.45, 2.75) is 17.7 Å². The molecule has 3 aliphatic rings. The highest BCUT2D eigenvalue weighted by atomic mass is 16.6. The fourth-order valence-corrected chi connectivity index (χ4v) is 4.24. The number of nitro benzene ring substituents is 1. The summed E-state index contributed by atoms with van der Waals surface area (Å²) in [4.78, 5) is 24.0. The van der Waals surface area contributed by atoms with Gasteiger partial charge in [-0.15, -0.1) is 0 Å². The molecule has 0 aromatic heterocycles. The van der Waals surface area contributed by atoms with Gasteiger partial charge in [0.25, 0.3) is 5.69 Å². The van der Waals surface area contributed by atoms with Crippen LogP contribution in [0.4, 0.5) is 11.4 Å². The number of non-ortho nitro benzene ring substituents is 1. The normalized spacial score (nSPS) is 31.1. The summed E-state index contributed by atoms with van der Waals surface area (Å²) in [6.45, 7) is 0.218. The number of rotatable bonds is 3. The summed E-state index contributed by atoms with van der Waals surface area (Å²) in [6, 6.07) is 5.64. The van der Waals surface area contributed by atoms with E-state index in [-0.39, 0.29) is 23.8 Å². The molecule has 27 heavy (non-hydrogen) atoms. The molecular formula is C16H16N6O5. The van der Waals surface area contributed by atoms with Gasteiger partial charge < -0.3 is 20.5 Å². The molecule has 4 rings (SSSR count). The first-order valence-electron chi connectivity index (χ1n) is 8.12. The van der Waals surface area contributed by atoms with Crippen LogP contribution >= 0.6 is 0 Å². The van der Waals surface area contributed by atoms with Crippen LogP contribution in [0.15, 0.2) is 29.7 Å². The second-order valence-corrected chi connectivity index (χ2v) is 6.51. The van der Waals surface area contributed by atoms with Crippen LogP contribution in [-0.4, -0.2) is 36.8 Å².